The van der Waals surface area contributed by atoms with Crippen molar-refractivity contribution in [2.45, 2.75) is 5.33 Å². The third-order valence-electron chi connectivity index (χ3n) is 5.69. The van der Waals surface area contributed by atoms with Gasteiger partial charge in [0.2, 0.25) is 0 Å². The minimum Gasteiger partial charge on any atom is -0.289 e. The lowest BCUT2D eigenvalue weighted by Crippen LogP contribution is -2.00. The van der Waals surface area contributed by atoms with Gasteiger partial charge in [0.15, 0.2) is 5.78 Å². The van der Waals surface area contributed by atoms with Crippen LogP contribution in [0.1, 0.15) is 32.6 Å². The molecule has 0 radical (unpaired) electrons. The molecule has 5 aromatic carbocycles. The Bertz CT molecular complexity index is 1450. The number of carbonyl (C=O) groups is 1. The number of fused-ring (bicyclic) bond motifs is 2. The number of halogens is 1. The highest BCUT2D eigenvalue weighted by Crippen LogP contribution is 2.33. The lowest BCUT2D eigenvalue weighted by Gasteiger charge is -2.12. The van der Waals surface area contributed by atoms with Crippen molar-refractivity contribution in [1.82, 2.24) is 0 Å². The number of ketones is 1. The summed E-state index contributed by atoms with van der Waals surface area (Å²) in [7, 11) is 0. The zero-order valence-corrected chi connectivity index (χ0v) is 18.9. The molecule has 5 rings (SSSR count). The zero-order valence-electron chi connectivity index (χ0n) is 17.3. The van der Waals surface area contributed by atoms with Gasteiger partial charge in [-0.15, -0.1) is 0 Å². The molecule has 0 aliphatic carbocycles. The molecule has 0 aliphatic heterocycles. The van der Waals surface area contributed by atoms with E-state index in [9.17, 15) is 4.79 Å². The van der Waals surface area contributed by atoms with Gasteiger partial charge in [-0.3, -0.25) is 4.79 Å². The molecule has 32 heavy (non-hydrogen) atoms. The SMILES string of the molecule is O=C(c1ccccc1)c1ccc(C#Cc2c3ccccc3c(CBr)c3ccccc23)cc1. The molecule has 0 aliphatic rings. The first kappa shape index (κ1) is 20.2. The van der Waals surface area contributed by atoms with E-state index in [4.69, 9.17) is 0 Å². The minimum absolute atomic E-state index is 0.0208. The van der Waals surface area contributed by atoms with Crippen LogP contribution in [0.25, 0.3) is 21.5 Å². The van der Waals surface area contributed by atoms with Crippen molar-refractivity contribution < 1.29 is 4.79 Å². The first-order valence-corrected chi connectivity index (χ1v) is 11.6. The summed E-state index contributed by atoms with van der Waals surface area (Å²) in [6, 6.07) is 33.7. The smallest absolute Gasteiger partial charge is 0.193 e. The fraction of sp³-hybridized carbons (Fsp3) is 0.0333. The number of rotatable bonds is 3. The largest absolute Gasteiger partial charge is 0.289 e. The Morgan fingerprint density at radius 2 is 1.09 bits per heavy atom. The van der Waals surface area contributed by atoms with Crippen LogP contribution in [0, 0.1) is 11.8 Å². The maximum atomic E-state index is 12.7. The van der Waals surface area contributed by atoms with Crippen molar-refractivity contribution in [3.8, 4) is 11.8 Å². The highest BCUT2D eigenvalue weighted by atomic mass is 79.9. The highest BCUT2D eigenvalue weighted by molar-refractivity contribution is 9.08. The van der Waals surface area contributed by atoms with E-state index < -0.39 is 0 Å². The summed E-state index contributed by atoms with van der Waals surface area (Å²) in [6.07, 6.45) is 0. The summed E-state index contributed by atoms with van der Waals surface area (Å²) >= 11 is 3.67. The third kappa shape index (κ3) is 3.73. The first-order valence-electron chi connectivity index (χ1n) is 10.5. The van der Waals surface area contributed by atoms with Crippen LogP contribution in [0.5, 0.6) is 0 Å². The second kappa shape index (κ2) is 8.83. The van der Waals surface area contributed by atoms with Gasteiger partial charge in [-0.05, 0) is 51.4 Å². The molecule has 0 unspecified atom stereocenters. The van der Waals surface area contributed by atoms with E-state index in [2.05, 4.69) is 76.3 Å². The van der Waals surface area contributed by atoms with Crippen LogP contribution in [0.4, 0.5) is 0 Å². The second-order valence-corrected chi connectivity index (χ2v) is 8.16. The van der Waals surface area contributed by atoms with Crippen molar-refractivity contribution in [3.05, 3.63) is 131 Å². The van der Waals surface area contributed by atoms with Crippen molar-refractivity contribution >= 4 is 43.3 Å². The van der Waals surface area contributed by atoms with Crippen LogP contribution < -0.4 is 0 Å². The molecule has 1 nitrogen and oxygen atoms in total. The Balaban J connectivity index is 1.58. The predicted molar refractivity (Wildman–Crippen MR) is 136 cm³/mol. The van der Waals surface area contributed by atoms with Crippen LogP contribution >= 0.6 is 15.9 Å². The molecule has 2 heteroatoms. The molecular formula is C30H19BrO. The van der Waals surface area contributed by atoms with Crippen molar-refractivity contribution in [2.75, 3.05) is 0 Å². The van der Waals surface area contributed by atoms with Gasteiger partial charge in [-0.25, -0.2) is 0 Å². The van der Waals surface area contributed by atoms with Gasteiger partial charge in [0.1, 0.15) is 0 Å². The topological polar surface area (TPSA) is 17.1 Å². The fourth-order valence-electron chi connectivity index (χ4n) is 4.09. The molecule has 0 heterocycles. The molecule has 0 saturated heterocycles. The maximum absolute atomic E-state index is 12.7. The van der Waals surface area contributed by atoms with Crippen molar-refractivity contribution in [1.29, 1.82) is 0 Å². The van der Waals surface area contributed by atoms with Gasteiger partial charge in [-0.2, -0.15) is 0 Å². The minimum atomic E-state index is 0.0208. The quantitative estimate of drug-likeness (QED) is 0.114. The molecule has 0 aromatic heterocycles. The standard InChI is InChI=1S/C30H19BrO/c31-20-29-26-12-6-4-10-24(26)28(25-11-5-7-13-27(25)29)19-16-21-14-17-23(18-15-21)30(32)22-8-2-1-3-9-22/h1-15,17-18H,20H2. The number of carbonyl (C=O) groups excluding carboxylic acids is 1. The van der Waals surface area contributed by atoms with Crippen LogP contribution in [-0.4, -0.2) is 5.78 Å². The van der Waals surface area contributed by atoms with Gasteiger partial charge in [0.05, 0.1) is 0 Å². The Labute approximate surface area is 195 Å². The molecule has 152 valence electrons. The lowest BCUT2D eigenvalue weighted by molar-refractivity contribution is 0.103. The molecule has 0 amide bonds. The molecular weight excluding hydrogens is 456 g/mol. The average Bonchev–Trinajstić information content (AvgIpc) is 2.87. The number of alkyl halides is 1. The van der Waals surface area contributed by atoms with Crippen molar-refractivity contribution in [2.24, 2.45) is 0 Å². The highest BCUT2D eigenvalue weighted by Gasteiger charge is 2.11. The van der Waals surface area contributed by atoms with E-state index in [1.807, 2.05) is 54.6 Å². The van der Waals surface area contributed by atoms with Gasteiger partial charge < -0.3 is 0 Å². The fourth-order valence-corrected chi connectivity index (χ4v) is 4.70. The monoisotopic (exact) mass is 474 g/mol. The second-order valence-electron chi connectivity index (χ2n) is 7.60. The lowest BCUT2D eigenvalue weighted by atomic mass is 9.92. The maximum Gasteiger partial charge on any atom is 0.193 e. The van der Waals surface area contributed by atoms with Crippen LogP contribution in [-0.2, 0) is 5.33 Å². The molecule has 0 fully saturated rings. The number of benzene rings is 5. The summed E-state index contributed by atoms with van der Waals surface area (Å²) in [5.74, 6) is 6.76. The predicted octanol–water partition coefficient (Wildman–Crippen LogP) is 7.52. The summed E-state index contributed by atoms with van der Waals surface area (Å²) in [5.41, 5.74) is 4.55. The van der Waals surface area contributed by atoms with Gasteiger partial charge in [0, 0.05) is 27.6 Å². The van der Waals surface area contributed by atoms with E-state index >= 15 is 0 Å². The van der Waals surface area contributed by atoms with Crippen molar-refractivity contribution in [3.63, 3.8) is 0 Å². The summed E-state index contributed by atoms with van der Waals surface area (Å²) in [6.45, 7) is 0. The van der Waals surface area contributed by atoms with Crippen LogP contribution in [0.15, 0.2) is 103 Å². The molecule has 0 N–H and O–H groups in total. The summed E-state index contributed by atoms with van der Waals surface area (Å²) < 4.78 is 0. The van der Waals surface area contributed by atoms with Gasteiger partial charge >= 0.3 is 0 Å². The number of hydrogen-bond donors (Lipinski definition) is 0. The van der Waals surface area contributed by atoms with Crippen LogP contribution in [0.2, 0.25) is 0 Å². The normalized spacial score (nSPS) is 10.7. The summed E-state index contributed by atoms with van der Waals surface area (Å²) in [4.78, 5) is 12.7. The average molecular weight is 475 g/mol. The summed E-state index contributed by atoms with van der Waals surface area (Å²) in [5, 5.41) is 5.54. The first-order chi connectivity index (χ1) is 15.8. The Morgan fingerprint density at radius 1 is 0.594 bits per heavy atom. The van der Waals surface area contributed by atoms with E-state index in [1.165, 1.54) is 16.3 Å². The van der Waals surface area contributed by atoms with E-state index in [1.54, 1.807) is 0 Å². The van der Waals surface area contributed by atoms with Gasteiger partial charge in [-0.1, -0.05) is 107 Å². The Hall–Kier alpha value is -3.67. The van der Waals surface area contributed by atoms with Gasteiger partial charge in [0.25, 0.3) is 0 Å². The molecule has 0 spiro atoms. The molecule has 0 atom stereocenters. The Kier molecular flexibility index (Phi) is 5.58. The third-order valence-corrected chi connectivity index (χ3v) is 6.25. The molecule has 0 bridgehead atoms. The molecule has 5 aromatic rings. The Morgan fingerprint density at radius 3 is 1.66 bits per heavy atom. The van der Waals surface area contributed by atoms with E-state index in [0.29, 0.717) is 11.1 Å². The van der Waals surface area contributed by atoms with E-state index in [0.717, 1.165) is 27.2 Å². The zero-order chi connectivity index (χ0) is 21.9. The molecule has 0 saturated carbocycles. The number of hydrogen-bond acceptors (Lipinski definition) is 1. The van der Waals surface area contributed by atoms with Crippen LogP contribution in [0.3, 0.4) is 0 Å². The van der Waals surface area contributed by atoms with E-state index in [-0.39, 0.29) is 5.78 Å².